The minimum Gasteiger partial charge on any atom is -0.275 e. The maximum Gasteiger partial charge on any atom is 0.101 e. The van der Waals surface area contributed by atoms with Crippen molar-refractivity contribution in [3.8, 4) is 12.1 Å². The zero-order valence-corrected chi connectivity index (χ0v) is 9.65. The second-order valence-corrected chi connectivity index (χ2v) is 4.30. The summed E-state index contributed by atoms with van der Waals surface area (Å²) in [4.78, 5) is 1.87. The van der Waals surface area contributed by atoms with Crippen molar-refractivity contribution in [2.75, 3.05) is 7.05 Å². The molecule has 0 bridgehead atoms. The first-order valence-corrected chi connectivity index (χ1v) is 4.96. The van der Waals surface area contributed by atoms with Crippen LogP contribution in [0.15, 0.2) is 0 Å². The van der Waals surface area contributed by atoms with Gasteiger partial charge in [0.25, 0.3) is 0 Å². The number of rotatable bonds is 4. The number of hydrogen-bond donors (Lipinski definition) is 0. The Morgan fingerprint density at radius 1 is 0.857 bits per heavy atom. The summed E-state index contributed by atoms with van der Waals surface area (Å²) >= 11 is 0. The quantitative estimate of drug-likeness (QED) is 0.686. The van der Waals surface area contributed by atoms with Crippen LogP contribution >= 0.6 is 0 Å². The van der Waals surface area contributed by atoms with Gasteiger partial charge in [0.05, 0.1) is 12.1 Å². The van der Waals surface area contributed by atoms with E-state index in [1.165, 1.54) is 0 Å². The fraction of sp³-hybridized carbons (Fsp3) is 0.818. The molecule has 0 rings (SSSR count). The van der Waals surface area contributed by atoms with E-state index in [0.717, 1.165) is 0 Å². The molecular weight excluding hydrogens is 174 g/mol. The molecule has 0 amide bonds. The Balaban J connectivity index is 4.66. The van der Waals surface area contributed by atoms with Crippen molar-refractivity contribution in [1.82, 2.24) is 4.90 Å². The molecule has 0 aliphatic carbocycles. The minimum absolute atomic E-state index is 0.179. The van der Waals surface area contributed by atoms with Crippen molar-refractivity contribution < 1.29 is 0 Å². The fourth-order valence-electron chi connectivity index (χ4n) is 1.59. The normalized spacial score (nSPS) is 15.3. The molecular formula is C11H19N3. The molecule has 78 valence electrons. The maximum atomic E-state index is 8.99. The topological polar surface area (TPSA) is 50.8 Å². The van der Waals surface area contributed by atoms with Crippen LogP contribution in [0.2, 0.25) is 0 Å². The number of nitriles is 2. The first-order chi connectivity index (χ1) is 6.45. The molecule has 0 spiro atoms. The molecule has 0 fully saturated rings. The van der Waals surface area contributed by atoms with Gasteiger partial charge in [-0.1, -0.05) is 27.7 Å². The van der Waals surface area contributed by atoms with E-state index in [1.807, 2.05) is 39.6 Å². The van der Waals surface area contributed by atoms with E-state index in [-0.39, 0.29) is 23.9 Å². The summed E-state index contributed by atoms with van der Waals surface area (Å²) in [7, 11) is 1.85. The third-order valence-electron chi connectivity index (χ3n) is 2.41. The second-order valence-electron chi connectivity index (χ2n) is 4.30. The van der Waals surface area contributed by atoms with Gasteiger partial charge in [-0.05, 0) is 18.9 Å². The summed E-state index contributed by atoms with van der Waals surface area (Å²) < 4.78 is 0. The van der Waals surface area contributed by atoms with E-state index < -0.39 is 0 Å². The zero-order valence-electron chi connectivity index (χ0n) is 9.65. The lowest BCUT2D eigenvalue weighted by Crippen LogP contribution is -2.44. The Labute approximate surface area is 86.9 Å². The van der Waals surface area contributed by atoms with Gasteiger partial charge in [0.1, 0.15) is 12.1 Å². The molecule has 2 unspecified atom stereocenters. The molecule has 0 saturated carbocycles. The first kappa shape index (κ1) is 12.9. The smallest absolute Gasteiger partial charge is 0.101 e. The van der Waals surface area contributed by atoms with E-state index in [1.54, 1.807) is 0 Å². The van der Waals surface area contributed by atoms with Crippen LogP contribution in [0.5, 0.6) is 0 Å². The van der Waals surface area contributed by atoms with Crippen LogP contribution in [0.4, 0.5) is 0 Å². The molecule has 0 heterocycles. The molecule has 3 nitrogen and oxygen atoms in total. The van der Waals surface area contributed by atoms with Gasteiger partial charge in [0.15, 0.2) is 0 Å². The number of nitrogens with zero attached hydrogens (tertiary/aromatic N) is 3. The monoisotopic (exact) mass is 193 g/mol. The van der Waals surface area contributed by atoms with Crippen LogP contribution in [0, 0.1) is 34.5 Å². The Kier molecular flexibility index (Phi) is 5.20. The summed E-state index contributed by atoms with van der Waals surface area (Å²) in [5, 5.41) is 18.0. The van der Waals surface area contributed by atoms with Crippen molar-refractivity contribution in [3.05, 3.63) is 0 Å². The predicted octanol–water partition coefficient (Wildman–Crippen LogP) is 2.01. The summed E-state index contributed by atoms with van der Waals surface area (Å²) in [6, 6.07) is 4.13. The zero-order chi connectivity index (χ0) is 11.3. The molecule has 0 radical (unpaired) electrons. The minimum atomic E-state index is -0.179. The first-order valence-electron chi connectivity index (χ1n) is 4.96. The van der Waals surface area contributed by atoms with Crippen LogP contribution in [0.25, 0.3) is 0 Å². The Morgan fingerprint density at radius 3 is 1.29 bits per heavy atom. The molecule has 2 atom stereocenters. The van der Waals surface area contributed by atoms with Gasteiger partial charge >= 0.3 is 0 Å². The molecule has 0 aromatic carbocycles. The molecule has 0 aliphatic heterocycles. The van der Waals surface area contributed by atoms with Crippen LogP contribution in [-0.2, 0) is 0 Å². The average Bonchev–Trinajstić information content (AvgIpc) is 2.04. The lowest BCUT2D eigenvalue weighted by Gasteiger charge is -2.31. The summed E-state index contributed by atoms with van der Waals surface area (Å²) in [5.74, 6) is 0.499. The fourth-order valence-corrected chi connectivity index (χ4v) is 1.59. The van der Waals surface area contributed by atoms with E-state index in [9.17, 15) is 0 Å². The van der Waals surface area contributed by atoms with E-state index in [4.69, 9.17) is 10.5 Å². The van der Waals surface area contributed by atoms with Crippen LogP contribution in [-0.4, -0.2) is 24.0 Å². The highest BCUT2D eigenvalue weighted by Crippen LogP contribution is 2.16. The molecule has 0 aromatic rings. The lowest BCUT2D eigenvalue weighted by molar-refractivity contribution is 0.172. The van der Waals surface area contributed by atoms with Gasteiger partial charge in [-0.3, -0.25) is 4.90 Å². The SMILES string of the molecule is CC(C)C(C#N)N(C)C(C#N)C(C)C. The molecule has 0 saturated heterocycles. The van der Waals surface area contributed by atoms with Gasteiger partial charge in [-0.15, -0.1) is 0 Å². The summed E-state index contributed by atoms with van der Waals surface area (Å²) in [5.41, 5.74) is 0. The van der Waals surface area contributed by atoms with Gasteiger partial charge in [0, 0.05) is 0 Å². The lowest BCUT2D eigenvalue weighted by atomic mass is 9.98. The largest absolute Gasteiger partial charge is 0.275 e. The highest BCUT2D eigenvalue weighted by Gasteiger charge is 2.26. The van der Waals surface area contributed by atoms with Crippen molar-refractivity contribution >= 4 is 0 Å². The third kappa shape index (κ3) is 3.01. The average molecular weight is 193 g/mol. The third-order valence-corrected chi connectivity index (χ3v) is 2.41. The van der Waals surface area contributed by atoms with Gasteiger partial charge in [-0.25, -0.2) is 0 Å². The van der Waals surface area contributed by atoms with Crippen LogP contribution in [0.3, 0.4) is 0 Å². The van der Waals surface area contributed by atoms with E-state index in [2.05, 4.69) is 12.1 Å². The molecule has 3 heteroatoms. The molecule has 14 heavy (non-hydrogen) atoms. The van der Waals surface area contributed by atoms with E-state index in [0.29, 0.717) is 0 Å². The Bertz CT molecular complexity index is 218. The van der Waals surface area contributed by atoms with Crippen LogP contribution < -0.4 is 0 Å². The van der Waals surface area contributed by atoms with Crippen molar-refractivity contribution in [2.24, 2.45) is 11.8 Å². The van der Waals surface area contributed by atoms with Crippen molar-refractivity contribution in [1.29, 1.82) is 10.5 Å². The second kappa shape index (κ2) is 5.62. The number of hydrogen-bond acceptors (Lipinski definition) is 3. The highest BCUT2D eigenvalue weighted by atomic mass is 15.2. The highest BCUT2D eigenvalue weighted by molar-refractivity contribution is 5.02. The molecule has 0 aromatic heterocycles. The van der Waals surface area contributed by atoms with E-state index >= 15 is 0 Å². The van der Waals surface area contributed by atoms with Gasteiger partial charge in [-0.2, -0.15) is 10.5 Å². The maximum absolute atomic E-state index is 8.99. The van der Waals surface area contributed by atoms with Crippen molar-refractivity contribution in [2.45, 2.75) is 39.8 Å². The molecule has 0 N–H and O–H groups in total. The van der Waals surface area contributed by atoms with Gasteiger partial charge in [0.2, 0.25) is 0 Å². The summed E-state index contributed by atoms with van der Waals surface area (Å²) in [6.07, 6.45) is 0. The van der Waals surface area contributed by atoms with Crippen molar-refractivity contribution in [3.63, 3.8) is 0 Å². The Hall–Kier alpha value is -1.06. The van der Waals surface area contributed by atoms with Crippen LogP contribution in [0.1, 0.15) is 27.7 Å². The Morgan fingerprint density at radius 2 is 1.14 bits per heavy atom. The molecule has 0 aliphatic rings. The standard InChI is InChI=1S/C11H19N3/c1-8(2)10(6-12)14(5)11(7-13)9(3)4/h8-11H,1-5H3. The van der Waals surface area contributed by atoms with Gasteiger partial charge < -0.3 is 0 Å². The summed E-state index contributed by atoms with van der Waals surface area (Å²) in [6.45, 7) is 8.00. The predicted molar refractivity (Wildman–Crippen MR) is 56.2 cm³/mol.